The monoisotopic (exact) mass is 277 g/mol. The van der Waals surface area contributed by atoms with Gasteiger partial charge < -0.3 is 5.73 Å². The van der Waals surface area contributed by atoms with Crippen LogP contribution in [-0.4, -0.2) is 6.54 Å². The van der Waals surface area contributed by atoms with Gasteiger partial charge in [0.15, 0.2) is 0 Å². The summed E-state index contributed by atoms with van der Waals surface area (Å²) in [6, 6.07) is 7.18. The van der Waals surface area contributed by atoms with E-state index in [4.69, 9.17) is 5.73 Å². The van der Waals surface area contributed by atoms with Crippen LogP contribution in [-0.2, 0) is 6.42 Å². The van der Waals surface area contributed by atoms with Crippen molar-refractivity contribution in [1.82, 2.24) is 0 Å². The van der Waals surface area contributed by atoms with E-state index in [9.17, 15) is 4.39 Å². The minimum atomic E-state index is -0.0684. The zero-order valence-corrected chi connectivity index (χ0v) is 13.0. The van der Waals surface area contributed by atoms with Crippen molar-refractivity contribution in [2.24, 2.45) is 28.9 Å². The minimum Gasteiger partial charge on any atom is -0.330 e. The number of benzene rings is 1. The molecule has 112 valence electrons. The van der Waals surface area contributed by atoms with Crippen LogP contribution in [0.1, 0.15) is 45.6 Å². The molecular formula is C18H28FN. The number of hydrogen-bond donors (Lipinski definition) is 1. The fraction of sp³-hybridized carbons (Fsp3) is 0.667. The summed E-state index contributed by atoms with van der Waals surface area (Å²) in [5.41, 5.74) is 7.14. The lowest BCUT2D eigenvalue weighted by Gasteiger charge is -2.41. The molecule has 0 saturated heterocycles. The van der Waals surface area contributed by atoms with E-state index in [1.54, 1.807) is 12.1 Å². The van der Waals surface area contributed by atoms with E-state index in [2.05, 4.69) is 20.8 Å². The molecule has 1 saturated carbocycles. The van der Waals surface area contributed by atoms with Crippen molar-refractivity contribution in [1.29, 1.82) is 0 Å². The Kier molecular flexibility index (Phi) is 4.85. The Labute approximate surface area is 122 Å². The molecule has 0 heterocycles. The zero-order valence-electron chi connectivity index (χ0n) is 13.0. The molecule has 0 aromatic heterocycles. The highest BCUT2D eigenvalue weighted by molar-refractivity contribution is 5.18. The van der Waals surface area contributed by atoms with Crippen molar-refractivity contribution in [3.63, 3.8) is 0 Å². The second-order valence-electron chi connectivity index (χ2n) is 7.43. The van der Waals surface area contributed by atoms with Crippen LogP contribution in [0.5, 0.6) is 0 Å². The molecule has 0 bridgehead atoms. The lowest BCUT2D eigenvalue weighted by molar-refractivity contribution is 0.101. The Morgan fingerprint density at radius 3 is 2.45 bits per heavy atom. The first kappa shape index (κ1) is 15.5. The zero-order chi connectivity index (χ0) is 14.8. The smallest absolute Gasteiger partial charge is 0.126 e. The van der Waals surface area contributed by atoms with Crippen LogP contribution in [0.15, 0.2) is 24.3 Å². The highest BCUT2D eigenvalue weighted by Crippen LogP contribution is 2.43. The fourth-order valence-electron chi connectivity index (χ4n) is 3.62. The van der Waals surface area contributed by atoms with Gasteiger partial charge in [-0.25, -0.2) is 4.39 Å². The first-order valence-corrected chi connectivity index (χ1v) is 7.85. The van der Waals surface area contributed by atoms with Crippen LogP contribution in [0.2, 0.25) is 0 Å². The largest absolute Gasteiger partial charge is 0.330 e. The molecule has 3 atom stereocenters. The van der Waals surface area contributed by atoms with Crippen molar-refractivity contribution in [3.8, 4) is 0 Å². The molecular weight excluding hydrogens is 249 g/mol. The molecule has 1 aromatic rings. The maximum absolute atomic E-state index is 13.9. The SMILES string of the molecule is CC(C)(C)C1CCC(CN)C(Cc2ccccc2F)C1. The Morgan fingerprint density at radius 1 is 1.15 bits per heavy atom. The summed E-state index contributed by atoms with van der Waals surface area (Å²) in [4.78, 5) is 0. The molecule has 0 aliphatic heterocycles. The molecule has 0 amide bonds. The second kappa shape index (κ2) is 6.26. The summed E-state index contributed by atoms with van der Waals surface area (Å²) < 4.78 is 13.9. The molecule has 2 heteroatoms. The summed E-state index contributed by atoms with van der Waals surface area (Å²) in [7, 11) is 0. The molecule has 1 nitrogen and oxygen atoms in total. The Bertz CT molecular complexity index is 435. The maximum Gasteiger partial charge on any atom is 0.126 e. The van der Waals surface area contributed by atoms with Gasteiger partial charge in [-0.3, -0.25) is 0 Å². The highest BCUT2D eigenvalue weighted by atomic mass is 19.1. The number of halogens is 1. The molecule has 3 unspecified atom stereocenters. The van der Waals surface area contributed by atoms with Gasteiger partial charge in [-0.1, -0.05) is 39.0 Å². The van der Waals surface area contributed by atoms with Gasteiger partial charge in [0.1, 0.15) is 5.82 Å². The van der Waals surface area contributed by atoms with Gasteiger partial charge >= 0.3 is 0 Å². The number of nitrogens with two attached hydrogens (primary N) is 1. The molecule has 2 rings (SSSR count). The van der Waals surface area contributed by atoms with Crippen LogP contribution in [0.3, 0.4) is 0 Å². The normalized spacial score (nSPS) is 27.6. The van der Waals surface area contributed by atoms with Crippen LogP contribution in [0.4, 0.5) is 4.39 Å². The first-order valence-electron chi connectivity index (χ1n) is 7.85. The molecule has 2 N–H and O–H groups in total. The van der Waals surface area contributed by atoms with Crippen molar-refractivity contribution in [3.05, 3.63) is 35.6 Å². The average molecular weight is 277 g/mol. The van der Waals surface area contributed by atoms with Crippen molar-refractivity contribution in [2.45, 2.75) is 46.5 Å². The third-order valence-corrected chi connectivity index (χ3v) is 5.11. The van der Waals surface area contributed by atoms with Gasteiger partial charge in [-0.05, 0) is 67.0 Å². The van der Waals surface area contributed by atoms with E-state index >= 15 is 0 Å². The van der Waals surface area contributed by atoms with Gasteiger partial charge in [0.2, 0.25) is 0 Å². The molecule has 1 fully saturated rings. The van der Waals surface area contributed by atoms with E-state index in [1.165, 1.54) is 19.3 Å². The van der Waals surface area contributed by atoms with Crippen molar-refractivity contribution in [2.75, 3.05) is 6.54 Å². The van der Waals surface area contributed by atoms with E-state index in [0.29, 0.717) is 17.3 Å². The minimum absolute atomic E-state index is 0.0684. The van der Waals surface area contributed by atoms with Crippen molar-refractivity contribution < 1.29 is 4.39 Å². The van der Waals surface area contributed by atoms with Gasteiger partial charge in [0.25, 0.3) is 0 Å². The Balaban J connectivity index is 2.12. The maximum atomic E-state index is 13.9. The number of rotatable bonds is 3. The van der Waals surface area contributed by atoms with Crippen LogP contribution >= 0.6 is 0 Å². The molecule has 0 radical (unpaired) electrons. The van der Waals surface area contributed by atoms with Gasteiger partial charge in [-0.2, -0.15) is 0 Å². The second-order valence-corrected chi connectivity index (χ2v) is 7.43. The topological polar surface area (TPSA) is 26.0 Å². The van der Waals surface area contributed by atoms with Gasteiger partial charge in [-0.15, -0.1) is 0 Å². The quantitative estimate of drug-likeness (QED) is 0.870. The summed E-state index contributed by atoms with van der Waals surface area (Å²) in [5, 5.41) is 0. The van der Waals surface area contributed by atoms with Gasteiger partial charge in [0.05, 0.1) is 0 Å². The molecule has 0 spiro atoms. The molecule has 1 aliphatic rings. The third kappa shape index (κ3) is 3.60. The van der Waals surface area contributed by atoms with Crippen LogP contribution in [0, 0.1) is 29.0 Å². The Morgan fingerprint density at radius 2 is 1.85 bits per heavy atom. The van der Waals surface area contributed by atoms with E-state index in [0.717, 1.165) is 24.4 Å². The standard InChI is InChI=1S/C18H28FN/c1-18(2,3)16-9-8-14(12-20)15(11-16)10-13-6-4-5-7-17(13)19/h4-7,14-16H,8-12,20H2,1-3H3. The number of hydrogen-bond acceptors (Lipinski definition) is 1. The Hall–Kier alpha value is -0.890. The fourth-order valence-corrected chi connectivity index (χ4v) is 3.62. The van der Waals surface area contributed by atoms with E-state index in [1.807, 2.05) is 12.1 Å². The third-order valence-electron chi connectivity index (χ3n) is 5.11. The summed E-state index contributed by atoms with van der Waals surface area (Å²) in [5.74, 6) is 1.73. The summed E-state index contributed by atoms with van der Waals surface area (Å²) >= 11 is 0. The summed E-state index contributed by atoms with van der Waals surface area (Å²) in [6.45, 7) is 7.69. The first-order chi connectivity index (χ1) is 9.41. The van der Waals surface area contributed by atoms with Crippen molar-refractivity contribution >= 4 is 0 Å². The highest BCUT2D eigenvalue weighted by Gasteiger charge is 2.35. The predicted molar refractivity (Wildman–Crippen MR) is 82.9 cm³/mol. The summed E-state index contributed by atoms with van der Waals surface area (Å²) in [6.07, 6.45) is 4.47. The van der Waals surface area contributed by atoms with Crippen LogP contribution in [0.25, 0.3) is 0 Å². The average Bonchev–Trinajstić information content (AvgIpc) is 2.40. The lowest BCUT2D eigenvalue weighted by atomic mass is 9.64. The van der Waals surface area contributed by atoms with E-state index in [-0.39, 0.29) is 5.82 Å². The predicted octanol–water partition coefficient (Wildman–Crippen LogP) is 4.41. The molecule has 1 aliphatic carbocycles. The van der Waals surface area contributed by atoms with Crippen LogP contribution < -0.4 is 5.73 Å². The lowest BCUT2D eigenvalue weighted by Crippen LogP contribution is -2.36. The van der Waals surface area contributed by atoms with E-state index < -0.39 is 0 Å². The molecule has 1 aromatic carbocycles. The van der Waals surface area contributed by atoms with Gasteiger partial charge in [0, 0.05) is 0 Å². The molecule has 20 heavy (non-hydrogen) atoms.